The molecule has 1 fully saturated rings. The van der Waals surface area contributed by atoms with Crippen molar-refractivity contribution in [1.29, 1.82) is 0 Å². The molecule has 0 saturated carbocycles. The van der Waals surface area contributed by atoms with Gasteiger partial charge >= 0.3 is 6.03 Å². The Morgan fingerprint density at radius 1 is 0.941 bits per heavy atom. The van der Waals surface area contributed by atoms with Gasteiger partial charge in [-0.2, -0.15) is 0 Å². The van der Waals surface area contributed by atoms with Crippen molar-refractivity contribution in [2.24, 2.45) is 0 Å². The summed E-state index contributed by atoms with van der Waals surface area (Å²) < 4.78 is 0. The van der Waals surface area contributed by atoms with Crippen LogP contribution in [0.15, 0.2) is 42.5 Å². The zero-order chi connectivity index (χ0) is 11.8. The first-order chi connectivity index (χ1) is 8.25. The van der Waals surface area contributed by atoms with E-state index in [0.717, 1.165) is 16.3 Å². The quantitative estimate of drug-likeness (QED) is 0.727. The SMILES string of the molecule is O=C1NC(=O)C(c2cccc3ccccc23)N1. The predicted molar refractivity (Wildman–Crippen MR) is 63.4 cm³/mol. The lowest BCUT2D eigenvalue weighted by Gasteiger charge is -2.10. The van der Waals surface area contributed by atoms with E-state index in [9.17, 15) is 9.59 Å². The van der Waals surface area contributed by atoms with Crippen LogP contribution in [0.2, 0.25) is 0 Å². The third-order valence-electron chi connectivity index (χ3n) is 2.91. The third kappa shape index (κ3) is 1.54. The molecule has 3 amide bonds. The highest BCUT2D eigenvalue weighted by atomic mass is 16.2. The van der Waals surface area contributed by atoms with Crippen molar-refractivity contribution in [2.75, 3.05) is 0 Å². The summed E-state index contributed by atoms with van der Waals surface area (Å²) in [5.74, 6) is -0.300. The van der Waals surface area contributed by atoms with E-state index in [2.05, 4.69) is 10.6 Å². The van der Waals surface area contributed by atoms with Gasteiger partial charge in [-0.1, -0.05) is 42.5 Å². The van der Waals surface area contributed by atoms with Crippen LogP contribution in [0.4, 0.5) is 4.79 Å². The number of imide groups is 1. The molecule has 17 heavy (non-hydrogen) atoms. The van der Waals surface area contributed by atoms with Crippen LogP contribution < -0.4 is 10.6 Å². The minimum Gasteiger partial charge on any atom is -0.322 e. The molecule has 1 aliphatic rings. The van der Waals surface area contributed by atoms with Crippen LogP contribution in [0.1, 0.15) is 11.6 Å². The summed E-state index contributed by atoms with van der Waals surface area (Å²) in [5, 5.41) is 6.89. The zero-order valence-corrected chi connectivity index (χ0v) is 8.94. The smallest absolute Gasteiger partial charge is 0.322 e. The summed E-state index contributed by atoms with van der Waals surface area (Å²) in [7, 11) is 0. The summed E-state index contributed by atoms with van der Waals surface area (Å²) in [6.07, 6.45) is 0. The van der Waals surface area contributed by atoms with Crippen LogP contribution in [0.25, 0.3) is 10.8 Å². The first-order valence-corrected chi connectivity index (χ1v) is 5.35. The molecule has 4 nitrogen and oxygen atoms in total. The molecule has 0 aliphatic carbocycles. The van der Waals surface area contributed by atoms with E-state index >= 15 is 0 Å². The lowest BCUT2D eigenvalue weighted by Crippen LogP contribution is -2.22. The van der Waals surface area contributed by atoms with E-state index in [4.69, 9.17) is 0 Å². The Balaban J connectivity index is 2.17. The van der Waals surface area contributed by atoms with Gasteiger partial charge in [0, 0.05) is 0 Å². The van der Waals surface area contributed by atoms with Gasteiger partial charge in [0.25, 0.3) is 5.91 Å². The average molecular weight is 226 g/mol. The molecule has 1 heterocycles. The van der Waals surface area contributed by atoms with E-state index < -0.39 is 12.1 Å². The monoisotopic (exact) mass is 226 g/mol. The number of nitrogens with one attached hydrogen (secondary N) is 2. The minimum atomic E-state index is -0.589. The van der Waals surface area contributed by atoms with Crippen LogP contribution in [0.5, 0.6) is 0 Å². The normalized spacial score (nSPS) is 19.2. The summed E-state index contributed by atoms with van der Waals surface area (Å²) in [4.78, 5) is 22.8. The van der Waals surface area contributed by atoms with Gasteiger partial charge in [-0.05, 0) is 16.3 Å². The Kier molecular flexibility index (Phi) is 2.08. The second kappa shape index (κ2) is 3.59. The number of hydrogen-bond acceptors (Lipinski definition) is 2. The van der Waals surface area contributed by atoms with Gasteiger partial charge in [0.15, 0.2) is 0 Å². The van der Waals surface area contributed by atoms with Crippen molar-refractivity contribution in [2.45, 2.75) is 6.04 Å². The van der Waals surface area contributed by atoms with Crippen molar-refractivity contribution < 1.29 is 9.59 Å². The summed E-state index contributed by atoms with van der Waals surface area (Å²) in [6, 6.07) is 12.5. The summed E-state index contributed by atoms with van der Waals surface area (Å²) >= 11 is 0. The van der Waals surface area contributed by atoms with Gasteiger partial charge in [-0.15, -0.1) is 0 Å². The van der Waals surface area contributed by atoms with Crippen molar-refractivity contribution in [3.63, 3.8) is 0 Å². The van der Waals surface area contributed by atoms with Gasteiger partial charge < -0.3 is 5.32 Å². The van der Waals surface area contributed by atoms with Gasteiger partial charge in [0.2, 0.25) is 0 Å². The second-order valence-electron chi connectivity index (χ2n) is 3.96. The molecule has 0 radical (unpaired) electrons. The molecule has 84 valence electrons. The van der Waals surface area contributed by atoms with Crippen LogP contribution in [-0.2, 0) is 4.79 Å². The average Bonchev–Trinajstić information content (AvgIpc) is 2.68. The Morgan fingerprint density at radius 2 is 1.71 bits per heavy atom. The standard InChI is InChI=1S/C13H10N2O2/c16-12-11(14-13(17)15-12)10-7-3-5-8-4-1-2-6-9(8)10/h1-7,11H,(H2,14,15,16,17). The van der Waals surface area contributed by atoms with Crippen molar-refractivity contribution in [1.82, 2.24) is 10.6 Å². The lowest BCUT2D eigenvalue weighted by atomic mass is 9.99. The molecule has 2 N–H and O–H groups in total. The molecule has 3 rings (SSSR count). The molecule has 2 aromatic carbocycles. The van der Waals surface area contributed by atoms with Crippen LogP contribution in [-0.4, -0.2) is 11.9 Å². The van der Waals surface area contributed by atoms with Gasteiger partial charge in [0.1, 0.15) is 6.04 Å². The highest BCUT2D eigenvalue weighted by Gasteiger charge is 2.31. The largest absolute Gasteiger partial charge is 0.322 e. The first-order valence-electron chi connectivity index (χ1n) is 5.35. The van der Waals surface area contributed by atoms with E-state index in [0.29, 0.717) is 0 Å². The Hall–Kier alpha value is -2.36. The maximum atomic E-state index is 11.6. The van der Waals surface area contributed by atoms with E-state index in [1.54, 1.807) is 0 Å². The van der Waals surface area contributed by atoms with Crippen molar-refractivity contribution in [3.05, 3.63) is 48.0 Å². The molecule has 4 heteroatoms. The van der Waals surface area contributed by atoms with Crippen LogP contribution >= 0.6 is 0 Å². The number of fused-ring (bicyclic) bond motifs is 1. The molecule has 0 aromatic heterocycles. The highest BCUT2D eigenvalue weighted by Crippen LogP contribution is 2.25. The fourth-order valence-corrected chi connectivity index (χ4v) is 2.14. The topological polar surface area (TPSA) is 58.2 Å². The maximum absolute atomic E-state index is 11.6. The number of carbonyl (C=O) groups excluding carboxylic acids is 2. The van der Waals surface area contributed by atoms with Gasteiger partial charge in [-0.3, -0.25) is 10.1 Å². The van der Waals surface area contributed by atoms with E-state index in [1.165, 1.54) is 0 Å². The lowest BCUT2D eigenvalue weighted by molar-refractivity contribution is -0.120. The Morgan fingerprint density at radius 3 is 2.47 bits per heavy atom. The summed E-state index contributed by atoms with van der Waals surface area (Å²) in [6.45, 7) is 0. The van der Waals surface area contributed by atoms with Crippen LogP contribution in [0.3, 0.4) is 0 Å². The minimum absolute atomic E-state index is 0.300. The molecule has 1 saturated heterocycles. The third-order valence-corrected chi connectivity index (χ3v) is 2.91. The van der Waals surface area contributed by atoms with Gasteiger partial charge in [-0.25, -0.2) is 4.79 Å². The molecule has 0 bridgehead atoms. The van der Waals surface area contributed by atoms with E-state index in [-0.39, 0.29) is 5.91 Å². The zero-order valence-electron chi connectivity index (χ0n) is 8.94. The number of amides is 3. The number of urea groups is 1. The number of rotatable bonds is 1. The molecule has 1 unspecified atom stereocenters. The van der Waals surface area contributed by atoms with Crippen LogP contribution in [0, 0.1) is 0 Å². The molecule has 1 aliphatic heterocycles. The predicted octanol–water partition coefficient (Wildman–Crippen LogP) is 1.72. The number of hydrogen-bond donors (Lipinski definition) is 2. The summed E-state index contributed by atoms with van der Waals surface area (Å²) in [5.41, 5.74) is 0.825. The highest BCUT2D eigenvalue weighted by molar-refractivity contribution is 6.06. The fraction of sp³-hybridized carbons (Fsp3) is 0.0769. The molecule has 1 atom stereocenters. The Labute approximate surface area is 97.6 Å². The maximum Gasteiger partial charge on any atom is 0.322 e. The molecule has 2 aromatic rings. The number of benzene rings is 2. The molecular weight excluding hydrogens is 216 g/mol. The van der Waals surface area contributed by atoms with Gasteiger partial charge in [0.05, 0.1) is 0 Å². The van der Waals surface area contributed by atoms with E-state index in [1.807, 2.05) is 42.5 Å². The van der Waals surface area contributed by atoms with Crippen molar-refractivity contribution >= 4 is 22.7 Å². The Bertz CT molecular complexity index is 616. The fourth-order valence-electron chi connectivity index (χ4n) is 2.14. The van der Waals surface area contributed by atoms with Crippen molar-refractivity contribution in [3.8, 4) is 0 Å². The number of carbonyl (C=O) groups is 2. The second-order valence-corrected chi connectivity index (χ2v) is 3.96. The molecule has 0 spiro atoms. The first kappa shape index (κ1) is 9.84. The molecular formula is C13H10N2O2.